The number of nitrogens with one attached hydrogen (secondary N) is 1. The Balaban J connectivity index is 1.94. The number of amides is 1. The van der Waals surface area contributed by atoms with Crippen molar-refractivity contribution < 1.29 is 17.9 Å². The maximum atomic E-state index is 12.3. The van der Waals surface area contributed by atoms with Gasteiger partial charge in [0.15, 0.2) is 0 Å². The number of carbonyl (C=O) groups excluding carboxylic acids is 1. The Labute approximate surface area is 175 Å². The number of anilines is 1. The molecular weight excluding hydrogens is 444 g/mol. The summed E-state index contributed by atoms with van der Waals surface area (Å²) in [6.45, 7) is 6.12. The lowest BCUT2D eigenvalue weighted by atomic mass is 10.1. The van der Waals surface area contributed by atoms with E-state index in [4.69, 9.17) is 4.74 Å². The quantitative estimate of drug-likeness (QED) is 0.602. The minimum absolute atomic E-state index is 0.281. The SMILES string of the molecule is Cc1ccc(OCCNC(=O)CN(c2ccc(Br)c(C)c2)S(C)(=O)=O)c(C)c1. The van der Waals surface area contributed by atoms with Crippen molar-refractivity contribution in [3.05, 3.63) is 57.6 Å². The van der Waals surface area contributed by atoms with Crippen LogP contribution in [0.2, 0.25) is 0 Å². The summed E-state index contributed by atoms with van der Waals surface area (Å²) in [7, 11) is -3.60. The lowest BCUT2D eigenvalue weighted by Crippen LogP contribution is -2.41. The second-order valence-electron chi connectivity index (χ2n) is 6.67. The summed E-state index contributed by atoms with van der Waals surface area (Å²) >= 11 is 3.39. The van der Waals surface area contributed by atoms with E-state index in [0.717, 1.165) is 37.5 Å². The molecule has 0 fully saturated rings. The monoisotopic (exact) mass is 468 g/mol. The Hall–Kier alpha value is -2.06. The van der Waals surface area contributed by atoms with Crippen molar-refractivity contribution in [2.24, 2.45) is 0 Å². The number of halogens is 1. The van der Waals surface area contributed by atoms with Gasteiger partial charge in [-0.1, -0.05) is 33.6 Å². The zero-order chi connectivity index (χ0) is 20.9. The second kappa shape index (κ2) is 9.43. The van der Waals surface area contributed by atoms with Crippen LogP contribution in [0.4, 0.5) is 5.69 Å². The van der Waals surface area contributed by atoms with E-state index in [1.54, 1.807) is 18.2 Å². The molecule has 2 rings (SSSR count). The molecule has 2 aromatic carbocycles. The number of sulfonamides is 1. The molecule has 1 amide bonds. The van der Waals surface area contributed by atoms with Gasteiger partial charge in [-0.15, -0.1) is 0 Å². The van der Waals surface area contributed by atoms with Crippen molar-refractivity contribution in [2.75, 3.05) is 30.3 Å². The van der Waals surface area contributed by atoms with Crippen LogP contribution in [0.3, 0.4) is 0 Å². The predicted molar refractivity (Wildman–Crippen MR) is 115 cm³/mol. The van der Waals surface area contributed by atoms with Crippen LogP contribution in [0.1, 0.15) is 16.7 Å². The van der Waals surface area contributed by atoms with Gasteiger partial charge in [-0.05, 0) is 56.2 Å². The van der Waals surface area contributed by atoms with Crippen LogP contribution in [0, 0.1) is 20.8 Å². The topological polar surface area (TPSA) is 75.7 Å². The van der Waals surface area contributed by atoms with E-state index in [1.807, 2.05) is 39.0 Å². The minimum Gasteiger partial charge on any atom is -0.491 e. The van der Waals surface area contributed by atoms with Crippen molar-refractivity contribution in [1.82, 2.24) is 5.32 Å². The number of rotatable bonds is 8. The Bertz CT molecular complexity index is 961. The first kappa shape index (κ1) is 22.2. The number of benzene rings is 2. The molecule has 0 bridgehead atoms. The largest absolute Gasteiger partial charge is 0.491 e. The van der Waals surface area contributed by atoms with E-state index < -0.39 is 15.9 Å². The third-order valence-electron chi connectivity index (χ3n) is 4.13. The van der Waals surface area contributed by atoms with Gasteiger partial charge in [-0.3, -0.25) is 9.10 Å². The van der Waals surface area contributed by atoms with Crippen molar-refractivity contribution >= 4 is 37.5 Å². The van der Waals surface area contributed by atoms with Gasteiger partial charge in [0.1, 0.15) is 18.9 Å². The number of nitrogens with zero attached hydrogens (tertiary/aromatic N) is 1. The van der Waals surface area contributed by atoms with E-state index in [9.17, 15) is 13.2 Å². The molecule has 0 unspecified atom stereocenters. The highest BCUT2D eigenvalue weighted by Gasteiger charge is 2.21. The predicted octanol–water partition coefficient (Wildman–Crippen LogP) is 3.34. The van der Waals surface area contributed by atoms with Crippen LogP contribution in [0.5, 0.6) is 5.75 Å². The van der Waals surface area contributed by atoms with E-state index in [1.165, 1.54) is 0 Å². The molecule has 1 N–H and O–H groups in total. The zero-order valence-corrected chi connectivity index (χ0v) is 18.9. The highest BCUT2D eigenvalue weighted by Crippen LogP contribution is 2.24. The second-order valence-corrected chi connectivity index (χ2v) is 9.43. The standard InChI is InChI=1S/C20H25BrN2O4S/c1-14-5-8-19(16(3)11-14)27-10-9-22-20(24)13-23(28(4,25)26)17-6-7-18(21)15(2)12-17/h5-8,11-12H,9-10,13H2,1-4H3,(H,22,24). The molecular formula is C20H25BrN2O4S. The molecule has 8 heteroatoms. The summed E-state index contributed by atoms with van der Waals surface area (Å²) in [5, 5.41) is 2.70. The van der Waals surface area contributed by atoms with Crippen LogP contribution in [-0.4, -0.2) is 40.3 Å². The average Bonchev–Trinajstić information content (AvgIpc) is 2.59. The summed E-state index contributed by atoms with van der Waals surface area (Å²) in [4.78, 5) is 12.3. The highest BCUT2D eigenvalue weighted by atomic mass is 79.9. The van der Waals surface area contributed by atoms with Gasteiger partial charge in [0, 0.05) is 4.47 Å². The summed E-state index contributed by atoms with van der Waals surface area (Å²) in [6, 6.07) is 11.0. The number of aryl methyl sites for hydroxylation is 3. The molecule has 0 radical (unpaired) electrons. The molecule has 0 heterocycles. The van der Waals surface area contributed by atoms with Crippen LogP contribution >= 0.6 is 15.9 Å². The van der Waals surface area contributed by atoms with Crippen LogP contribution < -0.4 is 14.4 Å². The Morgan fingerprint density at radius 1 is 1.11 bits per heavy atom. The maximum absolute atomic E-state index is 12.3. The third kappa shape index (κ3) is 6.24. The highest BCUT2D eigenvalue weighted by molar-refractivity contribution is 9.10. The van der Waals surface area contributed by atoms with Crippen molar-refractivity contribution in [2.45, 2.75) is 20.8 Å². The first-order chi connectivity index (χ1) is 13.1. The molecule has 0 aliphatic heterocycles. The normalized spacial score (nSPS) is 11.2. The third-order valence-corrected chi connectivity index (χ3v) is 6.16. The van der Waals surface area contributed by atoms with Gasteiger partial charge in [0.25, 0.3) is 0 Å². The molecule has 6 nitrogen and oxygen atoms in total. The first-order valence-corrected chi connectivity index (χ1v) is 11.4. The average molecular weight is 469 g/mol. The fraction of sp³-hybridized carbons (Fsp3) is 0.350. The van der Waals surface area contributed by atoms with Crippen molar-refractivity contribution in [3.8, 4) is 5.75 Å². The van der Waals surface area contributed by atoms with Crippen LogP contribution in [0.15, 0.2) is 40.9 Å². The van der Waals surface area contributed by atoms with Gasteiger partial charge in [0.05, 0.1) is 18.5 Å². The van der Waals surface area contributed by atoms with Crippen LogP contribution in [-0.2, 0) is 14.8 Å². The molecule has 28 heavy (non-hydrogen) atoms. The Kier molecular flexibility index (Phi) is 7.48. The van der Waals surface area contributed by atoms with Gasteiger partial charge < -0.3 is 10.1 Å². The number of carbonyl (C=O) groups is 1. The maximum Gasteiger partial charge on any atom is 0.240 e. The Morgan fingerprint density at radius 3 is 2.43 bits per heavy atom. The first-order valence-electron chi connectivity index (χ1n) is 8.78. The minimum atomic E-state index is -3.60. The van der Waals surface area contributed by atoms with Crippen molar-refractivity contribution in [3.63, 3.8) is 0 Å². The van der Waals surface area contributed by atoms with Crippen LogP contribution in [0.25, 0.3) is 0 Å². The van der Waals surface area contributed by atoms with E-state index >= 15 is 0 Å². The zero-order valence-electron chi connectivity index (χ0n) is 16.5. The fourth-order valence-electron chi connectivity index (χ4n) is 2.68. The number of ether oxygens (including phenoxy) is 1. The molecule has 0 saturated carbocycles. The van der Waals surface area contributed by atoms with Gasteiger partial charge in [0.2, 0.25) is 15.9 Å². The summed E-state index contributed by atoms with van der Waals surface area (Å²) in [5.74, 6) is 0.373. The molecule has 2 aromatic rings. The molecule has 0 saturated heterocycles. The van der Waals surface area contributed by atoms with Gasteiger partial charge in [-0.25, -0.2) is 8.42 Å². The molecule has 152 valence electrons. The van der Waals surface area contributed by atoms with Gasteiger partial charge in [-0.2, -0.15) is 0 Å². The van der Waals surface area contributed by atoms with Crippen molar-refractivity contribution in [1.29, 1.82) is 0 Å². The molecule has 0 atom stereocenters. The fourth-order valence-corrected chi connectivity index (χ4v) is 3.78. The molecule has 0 spiro atoms. The lowest BCUT2D eigenvalue weighted by molar-refractivity contribution is -0.119. The van der Waals surface area contributed by atoms with E-state index in [-0.39, 0.29) is 13.1 Å². The van der Waals surface area contributed by atoms with E-state index in [0.29, 0.717) is 12.3 Å². The smallest absolute Gasteiger partial charge is 0.240 e. The molecule has 0 aliphatic rings. The summed E-state index contributed by atoms with van der Waals surface area (Å²) < 4.78 is 31.9. The lowest BCUT2D eigenvalue weighted by Gasteiger charge is -2.22. The van der Waals surface area contributed by atoms with Gasteiger partial charge >= 0.3 is 0 Å². The van der Waals surface area contributed by atoms with E-state index in [2.05, 4.69) is 21.2 Å². The summed E-state index contributed by atoms with van der Waals surface area (Å²) in [5.41, 5.74) is 3.51. The molecule has 0 aromatic heterocycles. The molecule has 0 aliphatic carbocycles. The number of hydrogen-bond donors (Lipinski definition) is 1. The summed E-state index contributed by atoms with van der Waals surface area (Å²) in [6.07, 6.45) is 1.08. The number of hydrogen-bond acceptors (Lipinski definition) is 4. The Morgan fingerprint density at radius 2 is 1.82 bits per heavy atom.